The smallest absolute Gasteiger partial charge is 0.125 e. The fraction of sp³-hybridized carbons (Fsp3) is 0. The lowest BCUT2D eigenvalue weighted by Crippen LogP contribution is -1.87. The van der Waals surface area contributed by atoms with Gasteiger partial charge in [0, 0.05) is 0 Å². The minimum absolute atomic E-state index is 0.146. The topological polar surface area (TPSA) is 47.6 Å². The van der Waals surface area contributed by atoms with Crippen LogP contribution in [0.5, 0.6) is 0 Å². The Balaban J connectivity index is 2.62. The van der Waals surface area contributed by atoms with E-state index in [0.29, 0.717) is 11.1 Å². The number of benzene rings is 2. The van der Waals surface area contributed by atoms with Gasteiger partial charge in [-0.1, -0.05) is 0 Å². The molecule has 0 fully saturated rings. The molecule has 18 heavy (non-hydrogen) atoms. The van der Waals surface area contributed by atoms with Crippen molar-refractivity contribution in [1.29, 1.82) is 10.5 Å². The van der Waals surface area contributed by atoms with E-state index in [2.05, 4.69) is 0 Å². The Kier molecular flexibility index (Phi) is 3.03. The lowest BCUT2D eigenvalue weighted by molar-refractivity contribution is 0.625. The number of rotatable bonds is 1. The van der Waals surface area contributed by atoms with E-state index in [1.54, 1.807) is 0 Å². The Morgan fingerprint density at radius 2 is 1.06 bits per heavy atom. The average molecular weight is 240 g/mol. The van der Waals surface area contributed by atoms with Crippen molar-refractivity contribution in [2.45, 2.75) is 0 Å². The Morgan fingerprint density at radius 1 is 0.667 bits per heavy atom. The van der Waals surface area contributed by atoms with Crippen molar-refractivity contribution in [3.05, 3.63) is 59.2 Å². The van der Waals surface area contributed by atoms with E-state index in [4.69, 9.17) is 10.5 Å². The molecule has 0 saturated heterocycles. The highest BCUT2D eigenvalue weighted by atomic mass is 19.1. The molecule has 2 nitrogen and oxygen atoms in total. The van der Waals surface area contributed by atoms with Gasteiger partial charge in [-0.25, -0.2) is 8.78 Å². The molecule has 2 aromatic rings. The van der Waals surface area contributed by atoms with E-state index in [1.807, 2.05) is 12.1 Å². The van der Waals surface area contributed by atoms with E-state index in [9.17, 15) is 8.78 Å². The van der Waals surface area contributed by atoms with Crippen molar-refractivity contribution in [3.63, 3.8) is 0 Å². The molecule has 0 bridgehead atoms. The van der Waals surface area contributed by atoms with Crippen LogP contribution in [0.15, 0.2) is 36.4 Å². The number of halogens is 2. The molecule has 4 heteroatoms. The molecule has 0 saturated carbocycles. The summed E-state index contributed by atoms with van der Waals surface area (Å²) in [6.07, 6.45) is 0. The number of hydrogen-bond donors (Lipinski definition) is 0. The summed E-state index contributed by atoms with van der Waals surface area (Å²) in [7, 11) is 0. The van der Waals surface area contributed by atoms with Gasteiger partial charge >= 0.3 is 0 Å². The van der Waals surface area contributed by atoms with Gasteiger partial charge in [0.05, 0.1) is 23.3 Å². The van der Waals surface area contributed by atoms with E-state index in [-0.39, 0.29) is 11.1 Å². The fourth-order valence-electron chi connectivity index (χ4n) is 1.64. The lowest BCUT2D eigenvalue weighted by atomic mass is 10.0. The van der Waals surface area contributed by atoms with E-state index in [0.717, 1.165) is 12.1 Å². The maximum Gasteiger partial charge on any atom is 0.125 e. The maximum absolute atomic E-state index is 13.3. The zero-order valence-corrected chi connectivity index (χ0v) is 9.11. The van der Waals surface area contributed by atoms with Gasteiger partial charge in [-0.2, -0.15) is 10.5 Å². The molecule has 86 valence electrons. The highest BCUT2D eigenvalue weighted by molar-refractivity contribution is 5.67. The summed E-state index contributed by atoms with van der Waals surface area (Å²) in [5, 5.41) is 17.5. The third kappa shape index (κ3) is 2.34. The normalized spacial score (nSPS) is 9.56. The van der Waals surface area contributed by atoms with Crippen molar-refractivity contribution in [2.24, 2.45) is 0 Å². The second kappa shape index (κ2) is 4.65. The van der Waals surface area contributed by atoms with Crippen molar-refractivity contribution in [1.82, 2.24) is 0 Å². The molecule has 0 unspecified atom stereocenters. The zero-order chi connectivity index (χ0) is 13.1. The molecular weight excluding hydrogens is 234 g/mol. The van der Waals surface area contributed by atoms with E-state index < -0.39 is 11.6 Å². The molecule has 0 atom stereocenters. The Bertz CT molecular complexity index is 632. The predicted octanol–water partition coefficient (Wildman–Crippen LogP) is 3.38. The van der Waals surface area contributed by atoms with Gasteiger partial charge in [0.1, 0.15) is 11.6 Å². The summed E-state index contributed by atoms with van der Waals surface area (Å²) in [4.78, 5) is 0. The molecule has 0 amide bonds. The van der Waals surface area contributed by atoms with Crippen LogP contribution in [0.25, 0.3) is 11.1 Å². The van der Waals surface area contributed by atoms with Gasteiger partial charge in [0.2, 0.25) is 0 Å². The Labute approximate surface area is 102 Å². The molecular formula is C14H6F2N2. The minimum Gasteiger partial charge on any atom is -0.207 e. The van der Waals surface area contributed by atoms with Crippen LogP contribution in [0.1, 0.15) is 11.1 Å². The molecule has 0 aliphatic rings. The maximum atomic E-state index is 13.3. The van der Waals surface area contributed by atoms with E-state index in [1.165, 1.54) is 24.3 Å². The van der Waals surface area contributed by atoms with Gasteiger partial charge in [0.25, 0.3) is 0 Å². The zero-order valence-electron chi connectivity index (χ0n) is 9.11. The first-order valence-electron chi connectivity index (χ1n) is 5.04. The van der Waals surface area contributed by atoms with Gasteiger partial charge in [0.15, 0.2) is 0 Å². The molecule has 0 radical (unpaired) electrons. The molecule has 2 aromatic carbocycles. The van der Waals surface area contributed by atoms with Gasteiger partial charge < -0.3 is 0 Å². The summed E-state index contributed by atoms with van der Waals surface area (Å²) in [5.74, 6) is -1.15. The van der Waals surface area contributed by atoms with Crippen LogP contribution >= 0.6 is 0 Å². The van der Waals surface area contributed by atoms with Gasteiger partial charge in [-0.3, -0.25) is 0 Å². The minimum atomic E-state index is -0.577. The van der Waals surface area contributed by atoms with Crippen molar-refractivity contribution in [3.8, 4) is 23.3 Å². The second-order valence-corrected chi connectivity index (χ2v) is 3.68. The third-order valence-electron chi connectivity index (χ3n) is 2.39. The summed E-state index contributed by atoms with van der Waals surface area (Å²) >= 11 is 0. The highest BCUT2D eigenvalue weighted by Crippen LogP contribution is 2.24. The highest BCUT2D eigenvalue weighted by Gasteiger charge is 2.06. The lowest BCUT2D eigenvalue weighted by Gasteiger charge is -2.04. The molecule has 0 spiro atoms. The molecule has 0 aromatic heterocycles. The standard InChI is InChI=1S/C14H6F2N2/c15-13-3-9(7-17)1-11(5-13)12-2-10(8-18)4-14(16)6-12/h1-6H. The summed E-state index contributed by atoms with van der Waals surface area (Å²) < 4.78 is 26.5. The monoisotopic (exact) mass is 240 g/mol. The van der Waals surface area contributed by atoms with Crippen LogP contribution in [-0.4, -0.2) is 0 Å². The number of nitriles is 2. The molecule has 0 aliphatic carbocycles. The second-order valence-electron chi connectivity index (χ2n) is 3.68. The van der Waals surface area contributed by atoms with Crippen LogP contribution < -0.4 is 0 Å². The third-order valence-corrected chi connectivity index (χ3v) is 2.39. The molecule has 0 aliphatic heterocycles. The quantitative estimate of drug-likeness (QED) is 0.767. The number of hydrogen-bond acceptors (Lipinski definition) is 2. The molecule has 0 N–H and O–H groups in total. The van der Waals surface area contributed by atoms with Crippen LogP contribution in [0.3, 0.4) is 0 Å². The van der Waals surface area contributed by atoms with Crippen molar-refractivity contribution < 1.29 is 8.78 Å². The summed E-state index contributed by atoms with van der Waals surface area (Å²) in [5.41, 5.74) is 1.02. The Hall–Kier alpha value is -2.72. The van der Waals surface area contributed by atoms with Crippen LogP contribution in [0.2, 0.25) is 0 Å². The summed E-state index contributed by atoms with van der Waals surface area (Å²) in [6, 6.07) is 11.1. The Morgan fingerprint density at radius 3 is 1.39 bits per heavy atom. The van der Waals surface area contributed by atoms with Gasteiger partial charge in [-0.05, 0) is 47.5 Å². The average Bonchev–Trinajstić information content (AvgIpc) is 2.37. The SMILES string of the molecule is N#Cc1cc(F)cc(-c2cc(F)cc(C#N)c2)c1. The predicted molar refractivity (Wildman–Crippen MR) is 61.2 cm³/mol. The molecule has 2 rings (SSSR count). The molecule has 0 heterocycles. The first-order valence-corrected chi connectivity index (χ1v) is 5.04. The van der Waals surface area contributed by atoms with E-state index >= 15 is 0 Å². The summed E-state index contributed by atoms with van der Waals surface area (Å²) in [6.45, 7) is 0. The largest absolute Gasteiger partial charge is 0.207 e. The van der Waals surface area contributed by atoms with Crippen molar-refractivity contribution in [2.75, 3.05) is 0 Å². The number of nitrogens with zero attached hydrogens (tertiary/aromatic N) is 2. The fourth-order valence-corrected chi connectivity index (χ4v) is 1.64. The van der Waals surface area contributed by atoms with Crippen molar-refractivity contribution >= 4 is 0 Å². The van der Waals surface area contributed by atoms with Crippen LogP contribution in [-0.2, 0) is 0 Å². The van der Waals surface area contributed by atoms with Crippen LogP contribution in [0.4, 0.5) is 8.78 Å². The van der Waals surface area contributed by atoms with Gasteiger partial charge in [-0.15, -0.1) is 0 Å². The first-order chi connectivity index (χ1) is 8.62. The van der Waals surface area contributed by atoms with Crippen LogP contribution in [0, 0.1) is 34.3 Å². The first kappa shape index (κ1) is 11.8.